The van der Waals surface area contributed by atoms with Gasteiger partial charge in [0.05, 0.1) is 16.5 Å². The van der Waals surface area contributed by atoms with E-state index in [1.54, 1.807) is 11.8 Å². The van der Waals surface area contributed by atoms with Crippen molar-refractivity contribution >= 4 is 23.9 Å². The van der Waals surface area contributed by atoms with Gasteiger partial charge >= 0.3 is 0 Å². The van der Waals surface area contributed by atoms with Crippen LogP contribution >= 0.6 is 11.8 Å². The summed E-state index contributed by atoms with van der Waals surface area (Å²) < 4.78 is 5.31. The van der Waals surface area contributed by atoms with Gasteiger partial charge in [0.2, 0.25) is 11.7 Å². The number of aromatic nitrogens is 4. The zero-order valence-electron chi connectivity index (χ0n) is 12.3. The molecule has 0 aliphatic heterocycles. The van der Waals surface area contributed by atoms with E-state index in [-0.39, 0.29) is 0 Å². The van der Waals surface area contributed by atoms with Crippen LogP contribution in [0, 0.1) is 0 Å². The second-order valence-corrected chi connectivity index (χ2v) is 6.01. The van der Waals surface area contributed by atoms with Crippen molar-refractivity contribution in [1.82, 2.24) is 20.1 Å². The summed E-state index contributed by atoms with van der Waals surface area (Å²) in [4.78, 5) is 12.3. The zero-order chi connectivity index (χ0) is 15.5. The summed E-state index contributed by atoms with van der Waals surface area (Å²) in [5.74, 6) is 1.79. The lowest BCUT2D eigenvalue weighted by molar-refractivity contribution is 0.391. The quantitative estimate of drug-likeness (QED) is 0.746. The smallest absolute Gasteiger partial charge is 0.237 e. The predicted molar refractivity (Wildman–Crippen MR) is 89.8 cm³/mol. The monoisotopic (exact) mass is 322 g/mol. The molecule has 0 bridgehead atoms. The molecule has 1 N–H and O–H groups in total. The number of H-pyrrole nitrogens is 1. The molecule has 0 saturated carbocycles. The predicted octanol–water partition coefficient (Wildman–Crippen LogP) is 2.27. The summed E-state index contributed by atoms with van der Waals surface area (Å²) in [6.45, 7) is 0. The SMILES string of the molecule is C1=CCC=c2nc(SCc3nc(-c4ccccc4)no3)[nH]c2=C1. The Kier molecular flexibility index (Phi) is 3.81. The number of rotatable bonds is 4. The fourth-order valence-electron chi connectivity index (χ4n) is 2.30. The van der Waals surface area contributed by atoms with Gasteiger partial charge in [-0.25, -0.2) is 4.98 Å². The third kappa shape index (κ3) is 3.12. The van der Waals surface area contributed by atoms with Gasteiger partial charge in [0, 0.05) is 5.56 Å². The molecule has 6 heteroatoms. The van der Waals surface area contributed by atoms with Crippen molar-refractivity contribution in [3.8, 4) is 11.4 Å². The first kappa shape index (κ1) is 14.0. The molecule has 2 aromatic heterocycles. The lowest BCUT2D eigenvalue weighted by atomic mass is 10.2. The summed E-state index contributed by atoms with van der Waals surface area (Å²) in [7, 11) is 0. The van der Waals surface area contributed by atoms with Crippen LogP contribution in [0.25, 0.3) is 23.5 Å². The van der Waals surface area contributed by atoms with Crippen LogP contribution in [0.15, 0.2) is 52.2 Å². The van der Waals surface area contributed by atoms with E-state index in [0.29, 0.717) is 17.5 Å². The number of imidazole rings is 1. The van der Waals surface area contributed by atoms with Crippen molar-refractivity contribution in [1.29, 1.82) is 0 Å². The highest BCUT2D eigenvalue weighted by atomic mass is 32.2. The molecule has 1 aliphatic carbocycles. The van der Waals surface area contributed by atoms with Crippen LogP contribution in [0.4, 0.5) is 0 Å². The zero-order valence-corrected chi connectivity index (χ0v) is 13.1. The van der Waals surface area contributed by atoms with Crippen molar-refractivity contribution in [2.45, 2.75) is 17.3 Å². The van der Waals surface area contributed by atoms with Crippen LogP contribution in [0.1, 0.15) is 12.3 Å². The van der Waals surface area contributed by atoms with Gasteiger partial charge in [-0.3, -0.25) is 0 Å². The molecule has 3 aromatic rings. The number of benzene rings is 1. The number of hydrogen-bond acceptors (Lipinski definition) is 5. The molecule has 0 amide bonds. The first-order valence-corrected chi connectivity index (χ1v) is 8.31. The van der Waals surface area contributed by atoms with Gasteiger partial charge in [0.25, 0.3) is 0 Å². The fraction of sp³-hybridized carbons (Fsp3) is 0.118. The molecule has 0 unspecified atom stereocenters. The van der Waals surface area contributed by atoms with Crippen LogP contribution in [-0.4, -0.2) is 20.1 Å². The largest absolute Gasteiger partial charge is 0.338 e. The van der Waals surface area contributed by atoms with Crippen LogP contribution in [0.2, 0.25) is 0 Å². The Bertz CT molecular complexity index is 956. The minimum absolute atomic E-state index is 0.585. The van der Waals surface area contributed by atoms with Crippen LogP contribution in [0.3, 0.4) is 0 Å². The van der Waals surface area contributed by atoms with Gasteiger partial charge in [0.15, 0.2) is 5.16 Å². The van der Waals surface area contributed by atoms with E-state index < -0.39 is 0 Å². The van der Waals surface area contributed by atoms with Crippen molar-refractivity contribution in [2.75, 3.05) is 0 Å². The van der Waals surface area contributed by atoms with E-state index in [1.165, 1.54) is 0 Å². The Hall–Kier alpha value is -2.60. The second-order valence-electron chi connectivity index (χ2n) is 5.04. The van der Waals surface area contributed by atoms with E-state index >= 15 is 0 Å². The molecule has 5 nitrogen and oxygen atoms in total. The first-order valence-electron chi connectivity index (χ1n) is 7.32. The molecule has 0 saturated heterocycles. The maximum atomic E-state index is 5.31. The summed E-state index contributed by atoms with van der Waals surface area (Å²) in [6, 6.07) is 9.80. The number of nitrogens with one attached hydrogen (secondary N) is 1. The maximum absolute atomic E-state index is 5.31. The van der Waals surface area contributed by atoms with Gasteiger partial charge in [-0.1, -0.05) is 65.5 Å². The van der Waals surface area contributed by atoms with E-state index in [4.69, 9.17) is 4.52 Å². The van der Waals surface area contributed by atoms with E-state index in [0.717, 1.165) is 27.8 Å². The number of allylic oxidation sites excluding steroid dienone is 2. The van der Waals surface area contributed by atoms with Gasteiger partial charge in [-0.15, -0.1) is 0 Å². The minimum atomic E-state index is 0.585. The highest BCUT2D eigenvalue weighted by Crippen LogP contribution is 2.20. The molecule has 0 atom stereocenters. The molecule has 23 heavy (non-hydrogen) atoms. The first-order chi connectivity index (χ1) is 11.4. The molecule has 114 valence electrons. The molecule has 1 aliphatic rings. The highest BCUT2D eigenvalue weighted by molar-refractivity contribution is 7.98. The Morgan fingerprint density at radius 1 is 1.17 bits per heavy atom. The van der Waals surface area contributed by atoms with Crippen LogP contribution < -0.4 is 10.7 Å². The van der Waals surface area contributed by atoms with Crippen molar-refractivity contribution in [2.24, 2.45) is 0 Å². The molecule has 0 fully saturated rings. The fourth-order valence-corrected chi connectivity index (χ4v) is 3.02. The molecule has 1 aromatic carbocycles. The molecule has 2 heterocycles. The summed E-state index contributed by atoms with van der Waals surface area (Å²) in [5, 5.41) is 6.92. The third-order valence-corrected chi connectivity index (χ3v) is 4.28. The van der Waals surface area contributed by atoms with Crippen molar-refractivity contribution in [3.63, 3.8) is 0 Å². The molecular weight excluding hydrogens is 308 g/mol. The number of aromatic amines is 1. The minimum Gasteiger partial charge on any atom is -0.338 e. The number of thioether (sulfide) groups is 1. The van der Waals surface area contributed by atoms with Crippen LogP contribution in [0.5, 0.6) is 0 Å². The van der Waals surface area contributed by atoms with E-state index in [9.17, 15) is 0 Å². The number of hydrogen-bond donors (Lipinski definition) is 1. The van der Waals surface area contributed by atoms with E-state index in [1.807, 2.05) is 42.5 Å². The maximum Gasteiger partial charge on any atom is 0.237 e. The normalized spacial score (nSPS) is 13.0. The van der Waals surface area contributed by atoms with Gasteiger partial charge in [0.1, 0.15) is 0 Å². The van der Waals surface area contributed by atoms with Crippen molar-refractivity contribution < 1.29 is 4.52 Å². The Labute approximate surface area is 136 Å². The third-order valence-electron chi connectivity index (χ3n) is 3.42. The molecular formula is C17H14N4OS. The van der Waals surface area contributed by atoms with E-state index in [2.05, 4.69) is 32.3 Å². The van der Waals surface area contributed by atoms with Gasteiger partial charge in [-0.05, 0) is 12.5 Å². The molecule has 0 radical (unpaired) electrons. The van der Waals surface area contributed by atoms with Gasteiger partial charge < -0.3 is 9.51 Å². The summed E-state index contributed by atoms with van der Waals surface area (Å²) >= 11 is 1.56. The van der Waals surface area contributed by atoms with Gasteiger partial charge in [-0.2, -0.15) is 4.98 Å². The number of fused-ring (bicyclic) bond motifs is 1. The standard InChI is InChI=1S/C17H14N4OS/c1-3-7-12(8-4-1)16-20-15(22-21-16)11-23-17-18-13-9-5-2-6-10-14(13)19-17/h1-5,7-10H,6,11H2,(H,18,19). The topological polar surface area (TPSA) is 67.6 Å². The Balaban J connectivity index is 1.49. The summed E-state index contributed by atoms with van der Waals surface area (Å²) in [5.41, 5.74) is 0.952. The molecule has 4 rings (SSSR count). The summed E-state index contributed by atoms with van der Waals surface area (Å²) in [6.07, 6.45) is 9.19. The average Bonchev–Trinajstić information content (AvgIpc) is 3.16. The second kappa shape index (κ2) is 6.26. The Morgan fingerprint density at radius 2 is 2.09 bits per heavy atom. The highest BCUT2D eigenvalue weighted by Gasteiger charge is 2.09. The van der Waals surface area contributed by atoms with Crippen LogP contribution in [-0.2, 0) is 5.75 Å². The average molecular weight is 322 g/mol. The lowest BCUT2D eigenvalue weighted by Gasteiger charge is -1.92. The number of nitrogens with zero attached hydrogens (tertiary/aromatic N) is 3. The Morgan fingerprint density at radius 3 is 3.00 bits per heavy atom. The lowest BCUT2D eigenvalue weighted by Crippen LogP contribution is -2.23. The molecule has 0 spiro atoms. The van der Waals surface area contributed by atoms with Crippen molar-refractivity contribution in [3.05, 3.63) is 59.1 Å².